The first-order valence-electron chi connectivity index (χ1n) is 7.43. The zero-order chi connectivity index (χ0) is 17.3. The summed E-state index contributed by atoms with van der Waals surface area (Å²) in [5.41, 5.74) is 1.57. The maximum atomic E-state index is 12.1. The molecule has 24 heavy (non-hydrogen) atoms. The monoisotopic (exact) mass is 330 g/mol. The second-order valence-electron chi connectivity index (χ2n) is 6.43. The van der Waals surface area contributed by atoms with E-state index in [1.54, 1.807) is 19.1 Å². The van der Waals surface area contributed by atoms with E-state index in [0.717, 1.165) is 5.69 Å². The maximum absolute atomic E-state index is 12.1. The molecule has 0 aromatic carbocycles. The minimum Gasteiger partial charge on any atom is -0.361 e. The molecule has 0 aliphatic heterocycles. The van der Waals surface area contributed by atoms with Crippen LogP contribution in [0.3, 0.4) is 0 Å². The van der Waals surface area contributed by atoms with Gasteiger partial charge in [-0.3, -0.25) is 9.89 Å². The second-order valence-corrected chi connectivity index (χ2v) is 6.43. The highest BCUT2D eigenvalue weighted by Gasteiger charge is 2.20. The SMILES string of the molecule is Cc1cc(-c2noc(CNC(=O)c3cc(C(C)(C)C)[nH]n3)n2)no1. The number of carbonyl (C=O) groups excluding carboxylic acids is 1. The molecule has 0 bridgehead atoms. The third kappa shape index (κ3) is 3.34. The molecule has 9 nitrogen and oxygen atoms in total. The highest BCUT2D eigenvalue weighted by Crippen LogP contribution is 2.20. The van der Waals surface area contributed by atoms with Crippen LogP contribution in [0.2, 0.25) is 0 Å². The molecular weight excluding hydrogens is 312 g/mol. The molecule has 0 aliphatic rings. The highest BCUT2D eigenvalue weighted by atomic mass is 16.5. The Morgan fingerprint density at radius 3 is 2.67 bits per heavy atom. The minimum absolute atomic E-state index is 0.0976. The van der Waals surface area contributed by atoms with E-state index in [0.29, 0.717) is 23.0 Å². The standard InChI is InChI=1S/C15H18N6O3/c1-8-5-9(20-23-8)13-17-12(24-21-13)7-16-14(22)10-6-11(19-18-10)15(2,3)4/h5-6H,7H2,1-4H3,(H,16,22)(H,18,19). The van der Waals surface area contributed by atoms with Gasteiger partial charge in [0.2, 0.25) is 11.7 Å². The largest absolute Gasteiger partial charge is 0.361 e. The summed E-state index contributed by atoms with van der Waals surface area (Å²) in [6.07, 6.45) is 0. The summed E-state index contributed by atoms with van der Waals surface area (Å²) in [5.74, 6) is 0.910. The number of aryl methyl sites for hydroxylation is 1. The summed E-state index contributed by atoms with van der Waals surface area (Å²) < 4.78 is 10.0. The van der Waals surface area contributed by atoms with Gasteiger partial charge in [0.1, 0.15) is 11.5 Å². The zero-order valence-electron chi connectivity index (χ0n) is 13.9. The van der Waals surface area contributed by atoms with E-state index in [1.807, 2.05) is 20.8 Å². The molecule has 3 aromatic rings. The Balaban J connectivity index is 1.62. The fourth-order valence-electron chi connectivity index (χ4n) is 1.97. The Morgan fingerprint density at radius 2 is 2.04 bits per heavy atom. The number of carbonyl (C=O) groups is 1. The van der Waals surface area contributed by atoms with Crippen molar-refractivity contribution in [2.24, 2.45) is 0 Å². The van der Waals surface area contributed by atoms with Crippen LogP contribution < -0.4 is 5.32 Å². The Hall–Kier alpha value is -2.97. The van der Waals surface area contributed by atoms with Crippen molar-refractivity contribution in [3.8, 4) is 11.5 Å². The number of aromatic nitrogens is 5. The first-order valence-corrected chi connectivity index (χ1v) is 7.43. The first-order chi connectivity index (χ1) is 11.3. The number of amides is 1. The van der Waals surface area contributed by atoms with Crippen LogP contribution in [0.15, 0.2) is 21.2 Å². The Labute approximate surface area is 137 Å². The fraction of sp³-hybridized carbons (Fsp3) is 0.400. The van der Waals surface area contributed by atoms with Crippen molar-refractivity contribution in [2.75, 3.05) is 0 Å². The molecule has 3 aromatic heterocycles. The van der Waals surface area contributed by atoms with E-state index in [9.17, 15) is 4.79 Å². The maximum Gasteiger partial charge on any atom is 0.272 e. The molecule has 3 heterocycles. The van der Waals surface area contributed by atoms with E-state index in [4.69, 9.17) is 9.05 Å². The van der Waals surface area contributed by atoms with Crippen molar-refractivity contribution in [2.45, 2.75) is 39.7 Å². The number of nitrogens with one attached hydrogen (secondary N) is 2. The lowest BCUT2D eigenvalue weighted by molar-refractivity contribution is 0.0941. The lowest BCUT2D eigenvalue weighted by Gasteiger charge is -2.14. The van der Waals surface area contributed by atoms with Gasteiger partial charge in [-0.05, 0) is 13.0 Å². The summed E-state index contributed by atoms with van der Waals surface area (Å²) in [4.78, 5) is 16.3. The number of aromatic amines is 1. The summed E-state index contributed by atoms with van der Waals surface area (Å²) in [7, 11) is 0. The van der Waals surface area contributed by atoms with E-state index < -0.39 is 0 Å². The first kappa shape index (κ1) is 15.9. The van der Waals surface area contributed by atoms with E-state index in [1.165, 1.54) is 0 Å². The molecule has 0 atom stereocenters. The van der Waals surface area contributed by atoms with Crippen LogP contribution in [0.25, 0.3) is 11.5 Å². The minimum atomic E-state index is -0.321. The van der Waals surface area contributed by atoms with Gasteiger partial charge in [0.15, 0.2) is 5.69 Å². The number of hydrogen-bond donors (Lipinski definition) is 2. The van der Waals surface area contributed by atoms with Crippen LogP contribution in [-0.2, 0) is 12.0 Å². The lowest BCUT2D eigenvalue weighted by Crippen LogP contribution is -2.23. The van der Waals surface area contributed by atoms with E-state index in [-0.39, 0.29) is 23.8 Å². The molecule has 9 heteroatoms. The fourth-order valence-corrected chi connectivity index (χ4v) is 1.97. The van der Waals surface area contributed by atoms with Crippen LogP contribution in [0.4, 0.5) is 0 Å². The summed E-state index contributed by atoms with van der Waals surface area (Å²) in [6, 6.07) is 3.43. The lowest BCUT2D eigenvalue weighted by atomic mass is 9.92. The number of rotatable bonds is 4. The Morgan fingerprint density at radius 1 is 1.25 bits per heavy atom. The highest BCUT2D eigenvalue weighted by molar-refractivity contribution is 5.92. The van der Waals surface area contributed by atoms with Crippen molar-refractivity contribution in [3.05, 3.63) is 35.2 Å². The van der Waals surface area contributed by atoms with E-state index >= 15 is 0 Å². The molecule has 0 saturated carbocycles. The van der Waals surface area contributed by atoms with Crippen LogP contribution >= 0.6 is 0 Å². The summed E-state index contributed by atoms with van der Waals surface area (Å²) >= 11 is 0. The summed E-state index contributed by atoms with van der Waals surface area (Å²) in [5, 5.41) is 17.2. The molecule has 0 fully saturated rings. The van der Waals surface area contributed by atoms with Gasteiger partial charge in [-0.25, -0.2) is 0 Å². The molecule has 0 aliphatic carbocycles. The average Bonchev–Trinajstić information content (AvgIpc) is 3.23. The molecular formula is C15H18N6O3. The quantitative estimate of drug-likeness (QED) is 0.749. The van der Waals surface area contributed by atoms with Gasteiger partial charge < -0.3 is 14.4 Å². The summed E-state index contributed by atoms with van der Waals surface area (Å²) in [6.45, 7) is 7.98. The zero-order valence-corrected chi connectivity index (χ0v) is 13.9. The Kier molecular flexibility index (Phi) is 3.92. The predicted octanol–water partition coefficient (Wildman–Crippen LogP) is 1.98. The van der Waals surface area contributed by atoms with Gasteiger partial charge in [0, 0.05) is 17.2 Å². The Bertz CT molecular complexity index is 855. The second kappa shape index (κ2) is 5.91. The third-order valence-electron chi connectivity index (χ3n) is 3.34. The molecule has 126 valence electrons. The van der Waals surface area contributed by atoms with Gasteiger partial charge in [0.05, 0.1) is 6.54 Å². The molecule has 0 saturated heterocycles. The number of H-pyrrole nitrogens is 1. The van der Waals surface area contributed by atoms with Gasteiger partial charge in [0.25, 0.3) is 5.91 Å². The van der Waals surface area contributed by atoms with Gasteiger partial charge >= 0.3 is 0 Å². The number of hydrogen-bond acceptors (Lipinski definition) is 7. The van der Waals surface area contributed by atoms with Gasteiger partial charge in [-0.15, -0.1) is 0 Å². The molecule has 0 spiro atoms. The number of nitrogens with zero attached hydrogens (tertiary/aromatic N) is 4. The molecule has 3 rings (SSSR count). The van der Waals surface area contributed by atoms with Crippen LogP contribution in [0.1, 0.15) is 48.6 Å². The van der Waals surface area contributed by atoms with Gasteiger partial charge in [-0.1, -0.05) is 31.1 Å². The van der Waals surface area contributed by atoms with Crippen molar-refractivity contribution >= 4 is 5.91 Å². The van der Waals surface area contributed by atoms with Crippen LogP contribution in [-0.4, -0.2) is 31.4 Å². The van der Waals surface area contributed by atoms with E-state index in [2.05, 4.69) is 30.8 Å². The predicted molar refractivity (Wildman–Crippen MR) is 83.0 cm³/mol. The van der Waals surface area contributed by atoms with Crippen molar-refractivity contribution in [1.82, 2.24) is 30.8 Å². The smallest absolute Gasteiger partial charge is 0.272 e. The van der Waals surface area contributed by atoms with Crippen LogP contribution in [0.5, 0.6) is 0 Å². The van der Waals surface area contributed by atoms with Crippen molar-refractivity contribution in [1.29, 1.82) is 0 Å². The molecule has 2 N–H and O–H groups in total. The van der Waals surface area contributed by atoms with Crippen molar-refractivity contribution in [3.63, 3.8) is 0 Å². The third-order valence-corrected chi connectivity index (χ3v) is 3.34. The average molecular weight is 330 g/mol. The molecule has 0 unspecified atom stereocenters. The normalized spacial score (nSPS) is 11.7. The molecule has 1 amide bonds. The topological polar surface area (TPSA) is 123 Å². The van der Waals surface area contributed by atoms with Crippen LogP contribution in [0, 0.1) is 6.92 Å². The van der Waals surface area contributed by atoms with Crippen molar-refractivity contribution < 1.29 is 13.8 Å². The molecule has 0 radical (unpaired) electrons. The van der Waals surface area contributed by atoms with Gasteiger partial charge in [-0.2, -0.15) is 10.1 Å².